The van der Waals surface area contributed by atoms with Crippen molar-refractivity contribution in [3.63, 3.8) is 0 Å². The number of H-pyrrole nitrogens is 1. The summed E-state index contributed by atoms with van der Waals surface area (Å²) in [6.07, 6.45) is 4.88. The van der Waals surface area contributed by atoms with E-state index in [1.807, 2.05) is 54.3 Å². The zero-order chi connectivity index (χ0) is 13.9. The summed E-state index contributed by atoms with van der Waals surface area (Å²) in [6, 6.07) is 14.1. The molecule has 0 radical (unpaired) electrons. The normalized spacial score (nSPS) is 10.8. The molecule has 0 spiro atoms. The van der Waals surface area contributed by atoms with Gasteiger partial charge < -0.3 is 4.98 Å². The van der Waals surface area contributed by atoms with Crippen molar-refractivity contribution in [1.82, 2.24) is 4.98 Å². The van der Waals surface area contributed by atoms with Gasteiger partial charge >= 0.3 is 0 Å². The molecule has 0 fully saturated rings. The molecular weight excluding hydrogens is 248 g/mol. The summed E-state index contributed by atoms with van der Waals surface area (Å²) in [5.41, 5.74) is 3.12. The van der Waals surface area contributed by atoms with E-state index >= 15 is 0 Å². The Morgan fingerprint density at radius 2 is 2.00 bits per heavy atom. The first kappa shape index (κ1) is 12.6. The summed E-state index contributed by atoms with van der Waals surface area (Å²) >= 11 is 0. The van der Waals surface area contributed by atoms with Gasteiger partial charge in [-0.25, -0.2) is 4.57 Å². The van der Waals surface area contributed by atoms with Crippen LogP contribution in [0.4, 0.5) is 0 Å². The van der Waals surface area contributed by atoms with Gasteiger partial charge in [0.15, 0.2) is 12.4 Å². The number of aryl methyl sites for hydroxylation is 1. The lowest BCUT2D eigenvalue weighted by Gasteiger charge is -1.99. The fourth-order valence-electron chi connectivity index (χ4n) is 2.49. The number of aromatic nitrogens is 2. The molecule has 0 saturated heterocycles. The van der Waals surface area contributed by atoms with Gasteiger partial charge in [-0.3, -0.25) is 4.79 Å². The number of aromatic amines is 1. The molecule has 0 amide bonds. The molecule has 0 bridgehead atoms. The van der Waals surface area contributed by atoms with Crippen LogP contribution in [0, 0.1) is 0 Å². The van der Waals surface area contributed by atoms with Crippen LogP contribution in [0.25, 0.3) is 10.9 Å². The number of benzene rings is 1. The van der Waals surface area contributed by atoms with Gasteiger partial charge in [0.25, 0.3) is 0 Å². The Balaban J connectivity index is 1.72. The van der Waals surface area contributed by atoms with Crippen LogP contribution in [0.15, 0.2) is 54.9 Å². The predicted molar refractivity (Wildman–Crippen MR) is 78.3 cm³/mol. The average molecular weight is 265 g/mol. The van der Waals surface area contributed by atoms with Crippen LogP contribution in [0.1, 0.15) is 11.3 Å². The van der Waals surface area contributed by atoms with Crippen molar-refractivity contribution in [3.05, 3.63) is 66.1 Å². The van der Waals surface area contributed by atoms with Gasteiger partial charge in [-0.2, -0.15) is 0 Å². The molecule has 0 aliphatic rings. The van der Waals surface area contributed by atoms with E-state index < -0.39 is 0 Å². The SMILES string of the molecule is C[n+]1cccc(CC(=O)Cc2cc3ccccc3[nH]2)c1. The zero-order valence-electron chi connectivity index (χ0n) is 11.5. The minimum Gasteiger partial charge on any atom is -0.358 e. The van der Waals surface area contributed by atoms with E-state index in [9.17, 15) is 4.79 Å². The fourth-order valence-corrected chi connectivity index (χ4v) is 2.49. The van der Waals surface area contributed by atoms with Crippen LogP contribution in [0.3, 0.4) is 0 Å². The molecule has 1 aromatic carbocycles. The quantitative estimate of drug-likeness (QED) is 0.722. The van der Waals surface area contributed by atoms with Gasteiger partial charge in [-0.15, -0.1) is 0 Å². The molecule has 3 nitrogen and oxygen atoms in total. The van der Waals surface area contributed by atoms with E-state index in [1.54, 1.807) is 0 Å². The molecule has 3 rings (SSSR count). The fraction of sp³-hybridized carbons (Fsp3) is 0.176. The second-order valence-corrected chi connectivity index (χ2v) is 5.15. The van der Waals surface area contributed by atoms with E-state index in [1.165, 1.54) is 0 Å². The minimum absolute atomic E-state index is 0.225. The Morgan fingerprint density at radius 3 is 2.80 bits per heavy atom. The average Bonchev–Trinajstić information content (AvgIpc) is 2.80. The Labute approximate surface area is 117 Å². The Bertz CT molecular complexity index is 725. The molecule has 0 saturated carbocycles. The smallest absolute Gasteiger partial charge is 0.172 e. The first-order chi connectivity index (χ1) is 9.70. The van der Waals surface area contributed by atoms with E-state index in [4.69, 9.17) is 0 Å². The number of pyridine rings is 1. The van der Waals surface area contributed by atoms with Crippen molar-refractivity contribution in [1.29, 1.82) is 0 Å². The van der Waals surface area contributed by atoms with Gasteiger partial charge in [-0.1, -0.05) is 18.2 Å². The van der Waals surface area contributed by atoms with E-state index in [0.29, 0.717) is 12.8 Å². The van der Waals surface area contributed by atoms with E-state index in [2.05, 4.69) is 17.1 Å². The van der Waals surface area contributed by atoms with E-state index in [-0.39, 0.29) is 5.78 Å². The Hall–Kier alpha value is -2.42. The third-order valence-corrected chi connectivity index (χ3v) is 3.38. The zero-order valence-corrected chi connectivity index (χ0v) is 11.5. The number of hydrogen-bond donors (Lipinski definition) is 1. The molecular formula is C17H17N2O+. The topological polar surface area (TPSA) is 36.7 Å². The molecule has 0 unspecified atom stereocenters. The third kappa shape index (κ3) is 2.77. The monoisotopic (exact) mass is 265 g/mol. The number of ketones is 1. The largest absolute Gasteiger partial charge is 0.358 e. The molecule has 3 aromatic rings. The molecule has 2 heterocycles. The molecule has 1 N–H and O–H groups in total. The number of nitrogens with one attached hydrogen (secondary N) is 1. The highest BCUT2D eigenvalue weighted by atomic mass is 16.1. The molecule has 100 valence electrons. The number of para-hydroxylation sites is 1. The number of fused-ring (bicyclic) bond motifs is 1. The highest BCUT2D eigenvalue weighted by molar-refractivity contribution is 5.86. The first-order valence-electron chi connectivity index (χ1n) is 6.73. The van der Waals surface area contributed by atoms with Gasteiger partial charge in [0.05, 0.1) is 0 Å². The number of carbonyl (C=O) groups excluding carboxylic acids is 1. The van der Waals surface area contributed by atoms with Crippen LogP contribution in [0.5, 0.6) is 0 Å². The minimum atomic E-state index is 0.225. The number of rotatable bonds is 4. The number of Topliss-reactive ketones (excluding diaryl/α,β-unsaturated/α-hetero) is 1. The molecule has 2 aromatic heterocycles. The number of hydrogen-bond acceptors (Lipinski definition) is 1. The lowest BCUT2D eigenvalue weighted by atomic mass is 10.1. The van der Waals surface area contributed by atoms with Crippen molar-refractivity contribution in [2.24, 2.45) is 7.05 Å². The second kappa shape index (κ2) is 5.29. The highest BCUT2D eigenvalue weighted by Crippen LogP contribution is 2.15. The first-order valence-corrected chi connectivity index (χ1v) is 6.73. The van der Waals surface area contributed by atoms with Crippen LogP contribution < -0.4 is 4.57 Å². The maximum absolute atomic E-state index is 12.1. The summed E-state index contributed by atoms with van der Waals surface area (Å²) in [4.78, 5) is 15.4. The molecule has 0 aliphatic heterocycles. The summed E-state index contributed by atoms with van der Waals surface area (Å²) in [5, 5.41) is 1.15. The number of carbonyl (C=O) groups is 1. The van der Waals surface area contributed by atoms with Crippen molar-refractivity contribution < 1.29 is 9.36 Å². The highest BCUT2D eigenvalue weighted by Gasteiger charge is 2.09. The van der Waals surface area contributed by atoms with Crippen molar-refractivity contribution in [2.75, 3.05) is 0 Å². The maximum Gasteiger partial charge on any atom is 0.172 e. The Kier molecular flexibility index (Phi) is 3.33. The molecule has 3 heteroatoms. The molecule has 0 aliphatic carbocycles. The van der Waals surface area contributed by atoms with Gasteiger partial charge in [-0.05, 0) is 23.6 Å². The maximum atomic E-state index is 12.1. The standard InChI is InChI=1S/C17H17N2O/c1-19-8-4-5-13(12-19)9-16(20)11-15-10-14-6-2-3-7-17(14)18-15/h2-8,10,12,18H,9,11H2,1H3/q+1. The van der Waals surface area contributed by atoms with Gasteiger partial charge in [0, 0.05) is 35.7 Å². The van der Waals surface area contributed by atoms with Gasteiger partial charge in [0.2, 0.25) is 0 Å². The van der Waals surface area contributed by atoms with Crippen LogP contribution >= 0.6 is 0 Å². The lowest BCUT2D eigenvalue weighted by molar-refractivity contribution is -0.671. The lowest BCUT2D eigenvalue weighted by Crippen LogP contribution is -2.27. The van der Waals surface area contributed by atoms with Crippen molar-refractivity contribution in [3.8, 4) is 0 Å². The molecule has 20 heavy (non-hydrogen) atoms. The van der Waals surface area contributed by atoms with Crippen LogP contribution in [-0.4, -0.2) is 10.8 Å². The second-order valence-electron chi connectivity index (χ2n) is 5.15. The summed E-state index contributed by atoms with van der Waals surface area (Å²) in [6.45, 7) is 0. The third-order valence-electron chi connectivity index (χ3n) is 3.38. The summed E-state index contributed by atoms with van der Waals surface area (Å²) in [7, 11) is 1.96. The summed E-state index contributed by atoms with van der Waals surface area (Å²) < 4.78 is 1.96. The van der Waals surface area contributed by atoms with Crippen molar-refractivity contribution >= 4 is 16.7 Å². The van der Waals surface area contributed by atoms with E-state index in [0.717, 1.165) is 22.2 Å². The van der Waals surface area contributed by atoms with Crippen LogP contribution in [-0.2, 0) is 24.7 Å². The summed E-state index contributed by atoms with van der Waals surface area (Å²) in [5.74, 6) is 0.225. The van der Waals surface area contributed by atoms with Gasteiger partial charge in [0.1, 0.15) is 12.8 Å². The predicted octanol–water partition coefficient (Wildman–Crippen LogP) is 2.35. The molecule has 0 atom stereocenters. The van der Waals surface area contributed by atoms with Crippen molar-refractivity contribution in [2.45, 2.75) is 12.8 Å². The Morgan fingerprint density at radius 1 is 1.15 bits per heavy atom. The number of nitrogens with zero attached hydrogens (tertiary/aromatic N) is 1. The van der Waals surface area contributed by atoms with Crippen LogP contribution in [0.2, 0.25) is 0 Å².